The van der Waals surface area contributed by atoms with Crippen LogP contribution in [0.15, 0.2) is 60.7 Å². The summed E-state index contributed by atoms with van der Waals surface area (Å²) < 4.78 is 0. The number of hydrogen-bond donors (Lipinski definition) is 0. The lowest BCUT2D eigenvalue weighted by Gasteiger charge is -2.44. The number of nitrogens with zero attached hydrogens (tertiary/aromatic N) is 2. The molecule has 31 heavy (non-hydrogen) atoms. The quantitative estimate of drug-likeness (QED) is 0.609. The van der Waals surface area contributed by atoms with E-state index in [2.05, 4.69) is 84.3 Å². The average Bonchev–Trinajstić information content (AvgIpc) is 3.38. The van der Waals surface area contributed by atoms with Crippen molar-refractivity contribution < 1.29 is 4.79 Å². The van der Waals surface area contributed by atoms with E-state index in [1.165, 1.54) is 43.2 Å². The first-order valence-electron chi connectivity index (χ1n) is 12.2. The van der Waals surface area contributed by atoms with Crippen molar-refractivity contribution in [2.75, 3.05) is 26.2 Å². The first kappa shape index (κ1) is 22.1. The van der Waals surface area contributed by atoms with Gasteiger partial charge in [-0.05, 0) is 56.6 Å². The van der Waals surface area contributed by atoms with Gasteiger partial charge in [0.15, 0.2) is 0 Å². The Labute approximate surface area is 188 Å². The number of aryl methyl sites for hydroxylation is 1. The third-order valence-corrected chi connectivity index (χ3v) is 7.91. The van der Waals surface area contributed by atoms with Crippen LogP contribution >= 0.6 is 0 Å². The number of benzene rings is 2. The normalized spacial score (nSPS) is 21.0. The van der Waals surface area contributed by atoms with Gasteiger partial charge in [-0.25, -0.2) is 0 Å². The third kappa shape index (κ3) is 4.87. The molecule has 2 aliphatic rings. The maximum Gasteiger partial charge on any atom is 0.233 e. The fraction of sp³-hybridized carbons (Fsp3) is 0.536. The Bertz CT molecular complexity index is 823. The Kier molecular flexibility index (Phi) is 7.12. The second-order valence-electron chi connectivity index (χ2n) is 9.75. The molecule has 2 atom stereocenters. The third-order valence-electron chi connectivity index (χ3n) is 7.91. The molecule has 1 aliphatic heterocycles. The Hall–Kier alpha value is -2.13. The number of piperazine rings is 1. The van der Waals surface area contributed by atoms with E-state index in [-0.39, 0.29) is 0 Å². The summed E-state index contributed by atoms with van der Waals surface area (Å²) in [5, 5.41) is 0. The highest BCUT2D eigenvalue weighted by Crippen LogP contribution is 2.43. The Morgan fingerprint density at radius 1 is 0.935 bits per heavy atom. The summed E-state index contributed by atoms with van der Waals surface area (Å²) >= 11 is 0. The zero-order valence-electron chi connectivity index (χ0n) is 19.3. The number of hydrogen-bond acceptors (Lipinski definition) is 2. The number of amides is 1. The zero-order chi connectivity index (χ0) is 21.7. The largest absolute Gasteiger partial charge is 0.339 e. The van der Waals surface area contributed by atoms with Gasteiger partial charge in [0.25, 0.3) is 0 Å². The van der Waals surface area contributed by atoms with Crippen molar-refractivity contribution in [3.63, 3.8) is 0 Å². The Morgan fingerprint density at radius 3 is 2.13 bits per heavy atom. The van der Waals surface area contributed by atoms with Crippen LogP contribution in [0, 0.1) is 5.92 Å². The van der Waals surface area contributed by atoms with Crippen molar-refractivity contribution in [3.8, 4) is 0 Å². The highest BCUT2D eigenvalue weighted by atomic mass is 16.2. The second kappa shape index (κ2) is 9.99. The van der Waals surface area contributed by atoms with Gasteiger partial charge in [-0.15, -0.1) is 0 Å². The van der Waals surface area contributed by atoms with Crippen molar-refractivity contribution in [1.29, 1.82) is 0 Å². The first-order valence-corrected chi connectivity index (χ1v) is 12.2. The maximum absolute atomic E-state index is 13.9. The minimum atomic E-state index is -0.390. The lowest BCUT2D eigenvalue weighted by Crippen LogP contribution is -2.56. The topological polar surface area (TPSA) is 23.6 Å². The number of carbonyl (C=O) groups excluding carboxylic acids is 1. The minimum Gasteiger partial charge on any atom is -0.339 e. The fourth-order valence-electron chi connectivity index (χ4n) is 5.72. The molecule has 1 amide bonds. The molecule has 2 aromatic carbocycles. The van der Waals surface area contributed by atoms with Crippen LogP contribution in [-0.2, 0) is 16.6 Å². The first-order chi connectivity index (χ1) is 15.1. The van der Waals surface area contributed by atoms with Crippen LogP contribution in [0.2, 0.25) is 0 Å². The Morgan fingerprint density at radius 2 is 1.52 bits per heavy atom. The van der Waals surface area contributed by atoms with Crippen LogP contribution in [-0.4, -0.2) is 47.9 Å². The van der Waals surface area contributed by atoms with Crippen LogP contribution in [0.3, 0.4) is 0 Å². The molecule has 0 bridgehead atoms. The van der Waals surface area contributed by atoms with Crippen LogP contribution in [0.25, 0.3) is 0 Å². The average molecular weight is 419 g/mol. The zero-order valence-corrected chi connectivity index (χ0v) is 19.3. The molecule has 0 N–H and O–H groups in total. The van der Waals surface area contributed by atoms with E-state index in [1.807, 2.05) is 0 Å². The van der Waals surface area contributed by atoms with Crippen LogP contribution < -0.4 is 0 Å². The van der Waals surface area contributed by atoms with E-state index in [1.54, 1.807) is 0 Å². The van der Waals surface area contributed by atoms with Crippen molar-refractivity contribution in [1.82, 2.24) is 9.80 Å². The molecule has 2 aromatic rings. The SMILES string of the molecule is CC(CCc1ccccc1)N1CCN(C(=O)C(C)(c2ccccc2)C2CCCC2)CC1. The maximum atomic E-state index is 13.9. The molecule has 1 aliphatic carbocycles. The van der Waals surface area contributed by atoms with Gasteiger partial charge in [-0.1, -0.05) is 73.5 Å². The molecule has 2 fully saturated rings. The molecule has 2 unspecified atom stereocenters. The lowest BCUT2D eigenvalue weighted by atomic mass is 9.69. The summed E-state index contributed by atoms with van der Waals surface area (Å²) in [6, 6.07) is 21.9. The van der Waals surface area contributed by atoms with Crippen molar-refractivity contribution in [3.05, 3.63) is 71.8 Å². The second-order valence-corrected chi connectivity index (χ2v) is 9.75. The predicted octanol–water partition coefficient (Wildman–Crippen LogP) is 5.30. The molecular weight excluding hydrogens is 380 g/mol. The molecule has 1 saturated heterocycles. The molecule has 3 nitrogen and oxygen atoms in total. The molecule has 1 saturated carbocycles. The molecular formula is C28H38N2O. The van der Waals surface area contributed by atoms with E-state index < -0.39 is 5.41 Å². The van der Waals surface area contributed by atoms with E-state index in [9.17, 15) is 4.79 Å². The minimum absolute atomic E-state index is 0.349. The number of carbonyl (C=O) groups is 1. The van der Waals surface area contributed by atoms with Gasteiger partial charge in [0.1, 0.15) is 0 Å². The molecule has 1 heterocycles. The van der Waals surface area contributed by atoms with Crippen LogP contribution in [0.1, 0.15) is 57.1 Å². The van der Waals surface area contributed by atoms with Crippen molar-refractivity contribution >= 4 is 5.91 Å². The van der Waals surface area contributed by atoms with Crippen LogP contribution in [0.4, 0.5) is 0 Å². The summed E-state index contributed by atoms with van der Waals surface area (Å²) in [7, 11) is 0. The van der Waals surface area contributed by atoms with Crippen molar-refractivity contribution in [2.45, 2.75) is 63.8 Å². The highest BCUT2D eigenvalue weighted by molar-refractivity contribution is 5.88. The summed E-state index contributed by atoms with van der Waals surface area (Å²) in [6.45, 7) is 8.23. The van der Waals surface area contributed by atoms with Gasteiger partial charge < -0.3 is 4.90 Å². The number of rotatable bonds is 7. The lowest BCUT2D eigenvalue weighted by molar-refractivity contribution is -0.141. The molecule has 0 radical (unpaired) electrons. The molecule has 4 rings (SSSR count). The molecule has 3 heteroatoms. The molecule has 0 spiro atoms. The highest BCUT2D eigenvalue weighted by Gasteiger charge is 2.46. The van der Waals surface area contributed by atoms with Crippen molar-refractivity contribution in [2.24, 2.45) is 5.92 Å². The summed E-state index contributed by atoms with van der Waals surface area (Å²) in [4.78, 5) is 18.6. The molecule has 166 valence electrons. The van der Waals surface area contributed by atoms with E-state index in [0.29, 0.717) is 17.9 Å². The van der Waals surface area contributed by atoms with Crippen LogP contribution in [0.5, 0.6) is 0 Å². The van der Waals surface area contributed by atoms with Gasteiger partial charge >= 0.3 is 0 Å². The summed E-state index contributed by atoms with van der Waals surface area (Å²) in [6.07, 6.45) is 7.15. The fourth-order valence-corrected chi connectivity index (χ4v) is 5.72. The van der Waals surface area contributed by atoms with E-state index in [0.717, 1.165) is 32.6 Å². The predicted molar refractivity (Wildman–Crippen MR) is 128 cm³/mol. The summed E-state index contributed by atoms with van der Waals surface area (Å²) in [5.74, 6) is 0.812. The molecule has 0 aromatic heterocycles. The monoisotopic (exact) mass is 418 g/mol. The Balaban J connectivity index is 1.38. The van der Waals surface area contributed by atoms with E-state index >= 15 is 0 Å². The summed E-state index contributed by atoms with van der Waals surface area (Å²) in [5.41, 5.74) is 2.22. The van der Waals surface area contributed by atoms with E-state index in [4.69, 9.17) is 0 Å². The van der Waals surface area contributed by atoms with Gasteiger partial charge in [0.05, 0.1) is 5.41 Å². The smallest absolute Gasteiger partial charge is 0.233 e. The van der Waals surface area contributed by atoms with Gasteiger partial charge in [0.2, 0.25) is 5.91 Å². The van der Waals surface area contributed by atoms with Gasteiger partial charge in [-0.2, -0.15) is 0 Å². The standard InChI is InChI=1S/C28H38N2O/c1-23(17-18-24-11-5-3-6-12-24)29-19-21-30(22-20-29)27(31)28(2,26-15-9-10-16-26)25-13-7-4-8-14-25/h3-8,11-14,23,26H,9-10,15-22H2,1-2H3. The van der Waals surface area contributed by atoms with Gasteiger partial charge in [-0.3, -0.25) is 9.69 Å². The van der Waals surface area contributed by atoms with Gasteiger partial charge in [0, 0.05) is 32.2 Å².